The van der Waals surface area contributed by atoms with Crippen LogP contribution in [0.15, 0.2) is 41.8 Å². The minimum Gasteiger partial charge on any atom is -0.491 e. The number of nitrogens with zero attached hydrogens (tertiary/aromatic N) is 4. The minimum atomic E-state index is -0.877. The molecule has 0 aliphatic rings. The van der Waals surface area contributed by atoms with Gasteiger partial charge in [-0.05, 0) is 44.0 Å². The number of hydrogen-bond acceptors (Lipinski definition) is 6. The molecule has 0 bridgehead atoms. The van der Waals surface area contributed by atoms with E-state index in [1.165, 1.54) is 11.8 Å². The Morgan fingerprint density at radius 3 is 2.84 bits per heavy atom. The van der Waals surface area contributed by atoms with Gasteiger partial charge in [0.1, 0.15) is 18.1 Å². The smallest absolute Gasteiger partial charge is 0.313 e. The van der Waals surface area contributed by atoms with Crippen LogP contribution in [-0.2, 0) is 17.9 Å². The average molecular weight is 458 g/mol. The van der Waals surface area contributed by atoms with Gasteiger partial charge in [0, 0.05) is 25.5 Å². The van der Waals surface area contributed by atoms with E-state index in [0.717, 1.165) is 22.6 Å². The van der Waals surface area contributed by atoms with E-state index in [1.54, 1.807) is 16.9 Å². The van der Waals surface area contributed by atoms with Crippen LogP contribution < -0.4 is 10.1 Å². The molecule has 2 heterocycles. The first kappa shape index (κ1) is 23.4. The molecule has 9 nitrogen and oxygen atoms in total. The molecule has 2 aromatic heterocycles. The molecule has 1 amide bonds. The summed E-state index contributed by atoms with van der Waals surface area (Å²) in [5.74, 6) is -0.347. The third-order valence-corrected chi connectivity index (χ3v) is 5.81. The Labute approximate surface area is 190 Å². The quantitative estimate of drug-likeness (QED) is 0.336. The van der Waals surface area contributed by atoms with E-state index in [0.29, 0.717) is 37.1 Å². The number of rotatable bonds is 11. The zero-order valence-electron chi connectivity index (χ0n) is 18.4. The molecule has 10 heteroatoms. The van der Waals surface area contributed by atoms with Crippen molar-refractivity contribution >= 4 is 23.6 Å². The molecule has 0 fully saturated rings. The highest BCUT2D eigenvalue weighted by molar-refractivity contribution is 7.99. The fourth-order valence-electron chi connectivity index (χ4n) is 3.24. The van der Waals surface area contributed by atoms with E-state index in [4.69, 9.17) is 9.84 Å². The van der Waals surface area contributed by atoms with Crippen LogP contribution in [0.5, 0.6) is 5.75 Å². The third-order valence-electron chi connectivity index (χ3n) is 4.82. The number of carboxylic acids is 1. The van der Waals surface area contributed by atoms with Crippen molar-refractivity contribution in [3.63, 3.8) is 0 Å². The van der Waals surface area contributed by atoms with E-state index < -0.39 is 5.97 Å². The van der Waals surface area contributed by atoms with Gasteiger partial charge in [0.25, 0.3) is 5.91 Å². The maximum absolute atomic E-state index is 12.4. The van der Waals surface area contributed by atoms with Crippen LogP contribution in [0.3, 0.4) is 0 Å². The van der Waals surface area contributed by atoms with Crippen LogP contribution >= 0.6 is 11.8 Å². The van der Waals surface area contributed by atoms with E-state index in [2.05, 4.69) is 15.4 Å². The van der Waals surface area contributed by atoms with Crippen molar-refractivity contribution < 1.29 is 19.4 Å². The molecule has 0 unspecified atom stereocenters. The van der Waals surface area contributed by atoms with Crippen molar-refractivity contribution in [1.29, 1.82) is 0 Å². The van der Waals surface area contributed by atoms with Crippen molar-refractivity contribution in [3.05, 3.63) is 59.2 Å². The second kappa shape index (κ2) is 10.9. The maximum atomic E-state index is 12.4. The third kappa shape index (κ3) is 5.91. The Hall–Kier alpha value is -3.27. The highest BCUT2D eigenvalue weighted by atomic mass is 32.2. The zero-order chi connectivity index (χ0) is 23.1. The molecule has 0 saturated carbocycles. The summed E-state index contributed by atoms with van der Waals surface area (Å²) in [6, 6.07) is 7.58. The average Bonchev–Trinajstić information content (AvgIpc) is 3.37. The van der Waals surface area contributed by atoms with Gasteiger partial charge in [-0.1, -0.05) is 23.9 Å². The summed E-state index contributed by atoms with van der Waals surface area (Å²) in [4.78, 5) is 27.5. The number of amides is 1. The van der Waals surface area contributed by atoms with Crippen molar-refractivity contribution in [2.75, 3.05) is 18.9 Å². The number of ether oxygens (including phenoxy) is 1. The standard InChI is InChI=1S/C22H27N5O4S/c1-4-27-18(12-15(2)25-27)21(30)23-9-11-31-19-7-5-6-17(16(19)3)13-26-10-8-24-22(26)32-14-20(28)29/h5-8,10,12H,4,9,11,13-14H2,1-3H3,(H,23,30)(H,28,29). The topological polar surface area (TPSA) is 111 Å². The van der Waals surface area contributed by atoms with Crippen LogP contribution in [0.25, 0.3) is 0 Å². The van der Waals surface area contributed by atoms with E-state index in [-0.39, 0.29) is 11.7 Å². The Kier molecular flexibility index (Phi) is 7.93. The van der Waals surface area contributed by atoms with Crippen molar-refractivity contribution in [1.82, 2.24) is 24.6 Å². The van der Waals surface area contributed by atoms with Gasteiger partial charge in [0.2, 0.25) is 0 Å². The Bertz CT molecular complexity index is 1090. The number of carbonyl (C=O) groups excluding carboxylic acids is 1. The van der Waals surface area contributed by atoms with Gasteiger partial charge in [0.05, 0.1) is 18.0 Å². The molecule has 0 saturated heterocycles. The van der Waals surface area contributed by atoms with E-state index in [9.17, 15) is 9.59 Å². The SMILES string of the molecule is CCn1nc(C)cc1C(=O)NCCOc1cccc(Cn2ccnc2SCC(=O)O)c1C. The summed E-state index contributed by atoms with van der Waals surface area (Å²) < 4.78 is 9.50. The monoisotopic (exact) mass is 457 g/mol. The Balaban J connectivity index is 1.56. The molecule has 1 aromatic carbocycles. The fraction of sp³-hybridized carbons (Fsp3) is 0.364. The summed E-state index contributed by atoms with van der Waals surface area (Å²) in [6.07, 6.45) is 3.49. The first-order chi connectivity index (χ1) is 15.4. The molecule has 0 spiro atoms. The molecular formula is C22H27N5O4S. The number of hydrogen-bond donors (Lipinski definition) is 2. The van der Waals surface area contributed by atoms with Gasteiger partial charge in [-0.3, -0.25) is 14.3 Å². The van der Waals surface area contributed by atoms with E-state index in [1.807, 2.05) is 49.7 Å². The maximum Gasteiger partial charge on any atom is 0.313 e. The van der Waals surface area contributed by atoms with Crippen LogP contribution in [0, 0.1) is 13.8 Å². The predicted molar refractivity (Wildman–Crippen MR) is 121 cm³/mol. The first-order valence-electron chi connectivity index (χ1n) is 10.3. The molecule has 170 valence electrons. The number of carboxylic acid groups (broad SMARTS) is 1. The van der Waals surface area contributed by atoms with Crippen LogP contribution in [0.1, 0.15) is 34.2 Å². The largest absolute Gasteiger partial charge is 0.491 e. The van der Waals surface area contributed by atoms with E-state index >= 15 is 0 Å². The van der Waals surface area contributed by atoms with Crippen molar-refractivity contribution in [2.45, 2.75) is 39.0 Å². The number of benzene rings is 1. The molecule has 0 aliphatic carbocycles. The van der Waals surface area contributed by atoms with Crippen LogP contribution in [0.4, 0.5) is 0 Å². The first-order valence-corrected chi connectivity index (χ1v) is 11.3. The molecule has 3 rings (SSSR count). The van der Waals surface area contributed by atoms with Gasteiger partial charge in [0.15, 0.2) is 5.16 Å². The zero-order valence-corrected chi connectivity index (χ0v) is 19.2. The van der Waals surface area contributed by atoms with Gasteiger partial charge in [-0.25, -0.2) is 4.98 Å². The summed E-state index contributed by atoms with van der Waals surface area (Å²) in [7, 11) is 0. The number of thioether (sulfide) groups is 1. The molecule has 3 aromatic rings. The number of aliphatic carboxylic acids is 1. The highest BCUT2D eigenvalue weighted by Crippen LogP contribution is 2.24. The summed E-state index contributed by atoms with van der Waals surface area (Å²) in [6.45, 7) is 7.68. The number of aromatic nitrogens is 4. The normalized spacial score (nSPS) is 10.8. The van der Waals surface area contributed by atoms with Gasteiger partial charge in [-0.2, -0.15) is 5.10 Å². The van der Waals surface area contributed by atoms with Crippen LogP contribution in [-0.4, -0.2) is 55.2 Å². The molecule has 32 heavy (non-hydrogen) atoms. The lowest BCUT2D eigenvalue weighted by atomic mass is 10.1. The number of carbonyl (C=O) groups is 2. The summed E-state index contributed by atoms with van der Waals surface area (Å²) >= 11 is 1.19. The lowest BCUT2D eigenvalue weighted by Gasteiger charge is -2.14. The van der Waals surface area contributed by atoms with Crippen molar-refractivity contribution in [2.24, 2.45) is 0 Å². The number of imidazole rings is 1. The minimum absolute atomic E-state index is 0.0382. The molecular weight excluding hydrogens is 430 g/mol. The molecule has 0 atom stereocenters. The van der Waals surface area contributed by atoms with Crippen LogP contribution in [0.2, 0.25) is 0 Å². The fourth-order valence-corrected chi connectivity index (χ4v) is 3.92. The van der Waals surface area contributed by atoms with Gasteiger partial charge >= 0.3 is 5.97 Å². The number of aryl methyl sites for hydroxylation is 2. The molecule has 0 radical (unpaired) electrons. The Morgan fingerprint density at radius 2 is 2.09 bits per heavy atom. The molecule has 2 N–H and O–H groups in total. The lowest BCUT2D eigenvalue weighted by Crippen LogP contribution is -2.30. The van der Waals surface area contributed by atoms with Gasteiger partial charge < -0.3 is 19.7 Å². The second-order valence-corrected chi connectivity index (χ2v) is 8.09. The summed E-state index contributed by atoms with van der Waals surface area (Å²) in [5.41, 5.74) is 3.38. The van der Waals surface area contributed by atoms with Crippen molar-refractivity contribution in [3.8, 4) is 5.75 Å². The van der Waals surface area contributed by atoms with Gasteiger partial charge in [-0.15, -0.1) is 0 Å². The highest BCUT2D eigenvalue weighted by Gasteiger charge is 2.13. The summed E-state index contributed by atoms with van der Waals surface area (Å²) in [5, 5.41) is 16.7. The Morgan fingerprint density at radius 1 is 1.28 bits per heavy atom. The predicted octanol–water partition coefficient (Wildman–Crippen LogP) is 2.75. The molecule has 0 aliphatic heterocycles. The second-order valence-electron chi connectivity index (χ2n) is 7.15. The lowest BCUT2D eigenvalue weighted by molar-refractivity contribution is -0.133. The number of nitrogens with one attached hydrogen (secondary N) is 1.